The van der Waals surface area contributed by atoms with Crippen LogP contribution in [0.15, 0.2) is 18.2 Å². The van der Waals surface area contributed by atoms with Gasteiger partial charge in [0.2, 0.25) is 0 Å². The van der Waals surface area contributed by atoms with Crippen LogP contribution >= 0.6 is 23.4 Å². The van der Waals surface area contributed by atoms with Crippen LogP contribution < -0.4 is 5.73 Å². The Bertz CT molecular complexity index is 453. The predicted octanol–water partition coefficient (Wildman–Crippen LogP) is 3.03. The molecular formula is C13H17ClN2OS. The number of nitrogen functional groups attached to an aromatic ring is 1. The summed E-state index contributed by atoms with van der Waals surface area (Å²) in [6.45, 7) is 2.97. The second kappa shape index (κ2) is 5.95. The molecule has 1 heterocycles. The fraction of sp³-hybridized carbons (Fsp3) is 0.462. The highest BCUT2D eigenvalue weighted by atomic mass is 35.5. The summed E-state index contributed by atoms with van der Waals surface area (Å²) < 4.78 is 5.54. The number of halogens is 1. The van der Waals surface area contributed by atoms with Crippen LogP contribution in [-0.4, -0.2) is 23.8 Å². The summed E-state index contributed by atoms with van der Waals surface area (Å²) in [5, 5.41) is 8.60. The van der Waals surface area contributed by atoms with Gasteiger partial charge in [0.1, 0.15) is 5.84 Å². The summed E-state index contributed by atoms with van der Waals surface area (Å²) >= 11 is 8.08. The number of hydrogen-bond donors (Lipinski definition) is 2. The Balaban J connectivity index is 1.99. The Morgan fingerprint density at radius 2 is 2.39 bits per heavy atom. The molecule has 2 rings (SSSR count). The van der Waals surface area contributed by atoms with Gasteiger partial charge in [-0.15, -0.1) is 0 Å². The number of nitrogens with one attached hydrogen (secondary N) is 1. The lowest BCUT2D eigenvalue weighted by Gasteiger charge is -2.14. The minimum atomic E-state index is 0.0499. The van der Waals surface area contributed by atoms with Crippen molar-refractivity contribution in [3.8, 4) is 0 Å². The summed E-state index contributed by atoms with van der Waals surface area (Å²) in [6.07, 6.45) is 1.43. The molecule has 0 radical (unpaired) electrons. The van der Waals surface area contributed by atoms with E-state index < -0.39 is 0 Å². The van der Waals surface area contributed by atoms with Crippen molar-refractivity contribution in [1.82, 2.24) is 0 Å². The Hall–Kier alpha value is -0.710. The quantitative estimate of drug-likeness (QED) is 0.660. The van der Waals surface area contributed by atoms with E-state index >= 15 is 0 Å². The topological polar surface area (TPSA) is 59.1 Å². The van der Waals surface area contributed by atoms with E-state index in [4.69, 9.17) is 27.5 Å². The highest BCUT2D eigenvalue weighted by Gasteiger charge is 2.24. The van der Waals surface area contributed by atoms with E-state index in [9.17, 15) is 0 Å². The number of benzene rings is 1. The Kier molecular flexibility index (Phi) is 4.54. The number of hydrogen-bond acceptors (Lipinski definition) is 3. The van der Waals surface area contributed by atoms with Crippen LogP contribution in [0.3, 0.4) is 0 Å². The smallest absolute Gasteiger partial charge is 0.122 e. The molecule has 3 N–H and O–H groups in total. The molecular weight excluding hydrogens is 268 g/mol. The monoisotopic (exact) mass is 284 g/mol. The van der Waals surface area contributed by atoms with E-state index in [1.165, 1.54) is 0 Å². The molecule has 0 aliphatic carbocycles. The standard InChI is InChI=1S/C13H17ClN2OS/c1-8-12(4-5-17-8)18-7-10-3-2-9(13(15)16)6-11(10)14/h2-3,6,8,12H,4-5,7H2,1H3,(H3,15,16). The molecule has 0 amide bonds. The molecule has 1 aliphatic rings. The van der Waals surface area contributed by atoms with Crippen LogP contribution in [0.25, 0.3) is 0 Å². The number of ether oxygens (including phenoxy) is 1. The van der Waals surface area contributed by atoms with Gasteiger partial charge in [-0.1, -0.05) is 23.7 Å². The molecule has 1 aromatic rings. The fourth-order valence-corrected chi connectivity index (χ4v) is 3.54. The van der Waals surface area contributed by atoms with E-state index in [1.807, 2.05) is 23.9 Å². The van der Waals surface area contributed by atoms with Gasteiger partial charge in [-0.05, 0) is 25.0 Å². The summed E-state index contributed by atoms with van der Waals surface area (Å²) in [5.41, 5.74) is 7.19. The van der Waals surface area contributed by atoms with E-state index in [0.29, 0.717) is 21.9 Å². The Morgan fingerprint density at radius 3 is 2.94 bits per heavy atom. The van der Waals surface area contributed by atoms with Crippen LogP contribution in [0, 0.1) is 5.41 Å². The molecule has 1 saturated heterocycles. The van der Waals surface area contributed by atoms with Crippen LogP contribution in [0.4, 0.5) is 0 Å². The highest BCUT2D eigenvalue weighted by Crippen LogP contribution is 2.31. The first kappa shape index (κ1) is 13.7. The maximum atomic E-state index is 7.36. The van der Waals surface area contributed by atoms with Gasteiger partial charge in [-0.25, -0.2) is 0 Å². The van der Waals surface area contributed by atoms with Gasteiger partial charge in [0.25, 0.3) is 0 Å². The minimum Gasteiger partial charge on any atom is -0.384 e. The average molecular weight is 285 g/mol. The molecule has 18 heavy (non-hydrogen) atoms. The molecule has 3 nitrogen and oxygen atoms in total. The molecule has 0 bridgehead atoms. The van der Waals surface area contributed by atoms with Crippen LogP contribution in [-0.2, 0) is 10.5 Å². The maximum absolute atomic E-state index is 7.36. The number of amidine groups is 1. The summed E-state index contributed by atoms with van der Waals surface area (Å²) in [4.78, 5) is 0. The van der Waals surface area contributed by atoms with E-state index in [1.54, 1.807) is 6.07 Å². The lowest BCUT2D eigenvalue weighted by molar-refractivity contribution is 0.127. The van der Waals surface area contributed by atoms with Crippen molar-refractivity contribution in [2.45, 2.75) is 30.5 Å². The zero-order valence-electron chi connectivity index (χ0n) is 10.3. The van der Waals surface area contributed by atoms with Crippen molar-refractivity contribution >= 4 is 29.2 Å². The third-order valence-corrected chi connectivity index (χ3v) is 5.00. The fourth-order valence-electron chi connectivity index (χ4n) is 1.96. The van der Waals surface area contributed by atoms with Gasteiger partial charge in [0.05, 0.1) is 6.10 Å². The van der Waals surface area contributed by atoms with E-state index in [-0.39, 0.29) is 5.84 Å². The second-order valence-corrected chi connectivity index (χ2v) is 6.07. The van der Waals surface area contributed by atoms with Crippen molar-refractivity contribution in [1.29, 1.82) is 5.41 Å². The second-order valence-electron chi connectivity index (χ2n) is 4.43. The number of rotatable bonds is 4. The first-order chi connectivity index (χ1) is 8.58. The van der Waals surface area contributed by atoms with Crippen molar-refractivity contribution in [3.63, 3.8) is 0 Å². The van der Waals surface area contributed by atoms with E-state index in [0.717, 1.165) is 24.3 Å². The first-order valence-electron chi connectivity index (χ1n) is 5.94. The summed E-state index contributed by atoms with van der Waals surface area (Å²) in [5.74, 6) is 0.920. The van der Waals surface area contributed by atoms with Crippen molar-refractivity contribution in [3.05, 3.63) is 34.3 Å². The lowest BCUT2D eigenvalue weighted by Crippen LogP contribution is -2.13. The number of thioether (sulfide) groups is 1. The molecule has 98 valence electrons. The average Bonchev–Trinajstić information content (AvgIpc) is 2.73. The summed E-state index contributed by atoms with van der Waals surface area (Å²) in [7, 11) is 0. The van der Waals surface area contributed by atoms with Crippen LogP contribution in [0.5, 0.6) is 0 Å². The van der Waals surface area contributed by atoms with Crippen molar-refractivity contribution in [2.75, 3.05) is 6.61 Å². The number of nitrogens with two attached hydrogens (primary N) is 1. The molecule has 0 spiro atoms. The molecule has 1 aromatic carbocycles. The van der Waals surface area contributed by atoms with Gasteiger partial charge < -0.3 is 10.5 Å². The zero-order valence-corrected chi connectivity index (χ0v) is 11.9. The largest absolute Gasteiger partial charge is 0.384 e. The lowest BCUT2D eigenvalue weighted by atomic mass is 10.1. The van der Waals surface area contributed by atoms with Gasteiger partial charge in [-0.2, -0.15) is 11.8 Å². The molecule has 1 fully saturated rings. The van der Waals surface area contributed by atoms with Gasteiger partial charge in [0.15, 0.2) is 0 Å². The van der Waals surface area contributed by atoms with Crippen LogP contribution in [0.2, 0.25) is 5.02 Å². The zero-order chi connectivity index (χ0) is 13.1. The predicted molar refractivity (Wildman–Crippen MR) is 77.6 cm³/mol. The molecule has 0 saturated carbocycles. The first-order valence-corrected chi connectivity index (χ1v) is 7.36. The van der Waals surface area contributed by atoms with Gasteiger partial charge in [0, 0.05) is 28.2 Å². The van der Waals surface area contributed by atoms with Crippen molar-refractivity contribution in [2.24, 2.45) is 5.73 Å². The van der Waals surface area contributed by atoms with Gasteiger partial charge >= 0.3 is 0 Å². The third-order valence-electron chi connectivity index (χ3n) is 3.12. The third kappa shape index (κ3) is 3.19. The molecule has 1 aliphatic heterocycles. The molecule has 2 unspecified atom stereocenters. The van der Waals surface area contributed by atoms with Crippen molar-refractivity contribution < 1.29 is 4.74 Å². The minimum absolute atomic E-state index is 0.0499. The van der Waals surface area contributed by atoms with Crippen LogP contribution in [0.1, 0.15) is 24.5 Å². The Labute approximate surface area is 117 Å². The maximum Gasteiger partial charge on any atom is 0.122 e. The summed E-state index contributed by atoms with van der Waals surface area (Å²) in [6, 6.07) is 5.56. The highest BCUT2D eigenvalue weighted by molar-refractivity contribution is 7.99. The van der Waals surface area contributed by atoms with E-state index in [2.05, 4.69) is 6.92 Å². The molecule has 5 heteroatoms. The SMILES string of the molecule is CC1OCCC1SCc1ccc(C(=N)N)cc1Cl. The normalized spacial score (nSPS) is 23.2. The van der Waals surface area contributed by atoms with Gasteiger partial charge in [-0.3, -0.25) is 5.41 Å². The molecule has 2 atom stereocenters. The Morgan fingerprint density at radius 1 is 1.61 bits per heavy atom. The molecule has 0 aromatic heterocycles.